The summed E-state index contributed by atoms with van der Waals surface area (Å²) in [6.07, 6.45) is 1.72. The summed E-state index contributed by atoms with van der Waals surface area (Å²) >= 11 is 0. The minimum Gasteiger partial charge on any atom is -0.491 e. The van der Waals surface area contributed by atoms with Gasteiger partial charge < -0.3 is 14.6 Å². The van der Waals surface area contributed by atoms with Gasteiger partial charge in [0.2, 0.25) is 0 Å². The Kier molecular flexibility index (Phi) is 6.76. The zero-order valence-electron chi connectivity index (χ0n) is 11.6. The molecule has 0 fully saturated rings. The molecule has 0 bridgehead atoms. The van der Waals surface area contributed by atoms with Gasteiger partial charge in [0.1, 0.15) is 12.4 Å². The van der Waals surface area contributed by atoms with Gasteiger partial charge in [-0.3, -0.25) is 0 Å². The first kappa shape index (κ1) is 15.0. The first-order chi connectivity index (χ1) is 8.65. The van der Waals surface area contributed by atoms with Crippen molar-refractivity contribution in [2.75, 3.05) is 19.8 Å². The molecule has 0 unspecified atom stereocenters. The molecule has 18 heavy (non-hydrogen) atoms. The smallest absolute Gasteiger partial charge is 0.125 e. The van der Waals surface area contributed by atoms with E-state index in [1.54, 1.807) is 6.92 Å². The van der Waals surface area contributed by atoms with E-state index >= 15 is 0 Å². The van der Waals surface area contributed by atoms with Crippen molar-refractivity contribution in [1.29, 1.82) is 0 Å². The summed E-state index contributed by atoms with van der Waals surface area (Å²) in [6, 6.07) is 5.85. The van der Waals surface area contributed by atoms with Crippen LogP contribution in [0.3, 0.4) is 0 Å². The summed E-state index contributed by atoms with van der Waals surface area (Å²) in [4.78, 5) is 0. The van der Waals surface area contributed by atoms with Crippen molar-refractivity contribution in [2.24, 2.45) is 0 Å². The maximum Gasteiger partial charge on any atom is 0.125 e. The lowest BCUT2D eigenvalue weighted by atomic mass is 10.1. The zero-order valence-corrected chi connectivity index (χ0v) is 11.6. The normalized spacial score (nSPS) is 12.4. The standard InChI is InChI=1S/C15H24O3/c1-4-5-8-17-9-10-18-15-7-6-12(2)11-14(15)13(3)16/h6-7,11,13,16H,4-5,8-10H2,1-3H3/t13-/m1/s1. The maximum atomic E-state index is 9.69. The number of hydrogen-bond acceptors (Lipinski definition) is 3. The maximum absolute atomic E-state index is 9.69. The second kappa shape index (κ2) is 8.11. The third-order valence-corrected chi connectivity index (χ3v) is 2.74. The summed E-state index contributed by atoms with van der Waals surface area (Å²) < 4.78 is 11.1. The van der Waals surface area contributed by atoms with Crippen LogP contribution >= 0.6 is 0 Å². The van der Waals surface area contributed by atoms with Crippen LogP contribution in [0.5, 0.6) is 5.75 Å². The Bertz CT molecular complexity index is 348. The van der Waals surface area contributed by atoms with Crippen LogP contribution in [0, 0.1) is 6.92 Å². The monoisotopic (exact) mass is 252 g/mol. The van der Waals surface area contributed by atoms with E-state index < -0.39 is 6.10 Å². The number of rotatable bonds is 8. The number of aliphatic hydroxyl groups is 1. The predicted molar refractivity (Wildman–Crippen MR) is 73.0 cm³/mol. The molecule has 1 atom stereocenters. The predicted octanol–water partition coefficient (Wildman–Crippen LogP) is 3.24. The van der Waals surface area contributed by atoms with Gasteiger partial charge in [-0.25, -0.2) is 0 Å². The number of hydrogen-bond donors (Lipinski definition) is 1. The molecule has 0 amide bonds. The van der Waals surface area contributed by atoms with E-state index in [9.17, 15) is 5.11 Å². The summed E-state index contributed by atoms with van der Waals surface area (Å²) in [6.45, 7) is 7.79. The van der Waals surface area contributed by atoms with Crippen LogP contribution in [-0.2, 0) is 4.74 Å². The van der Waals surface area contributed by atoms with Gasteiger partial charge in [0.25, 0.3) is 0 Å². The molecule has 0 aliphatic heterocycles. The van der Waals surface area contributed by atoms with Crippen LogP contribution in [0.15, 0.2) is 18.2 Å². The molecule has 0 saturated carbocycles. The number of unbranched alkanes of at least 4 members (excludes halogenated alkanes) is 1. The lowest BCUT2D eigenvalue weighted by Crippen LogP contribution is -2.09. The summed E-state index contributed by atoms with van der Waals surface area (Å²) in [7, 11) is 0. The Morgan fingerprint density at radius 2 is 2.00 bits per heavy atom. The minimum absolute atomic E-state index is 0.513. The molecule has 0 heterocycles. The molecule has 0 aliphatic carbocycles. The molecule has 3 heteroatoms. The fourth-order valence-electron chi connectivity index (χ4n) is 1.68. The average Bonchev–Trinajstić information content (AvgIpc) is 2.35. The van der Waals surface area contributed by atoms with Gasteiger partial charge >= 0.3 is 0 Å². The highest BCUT2D eigenvalue weighted by molar-refractivity contribution is 5.38. The number of aliphatic hydroxyl groups excluding tert-OH is 1. The van der Waals surface area contributed by atoms with E-state index in [1.807, 2.05) is 25.1 Å². The summed E-state index contributed by atoms with van der Waals surface area (Å²) in [5, 5.41) is 9.69. The van der Waals surface area contributed by atoms with Gasteiger partial charge in [-0.05, 0) is 32.4 Å². The van der Waals surface area contributed by atoms with Gasteiger partial charge in [-0.2, -0.15) is 0 Å². The van der Waals surface area contributed by atoms with E-state index in [0.29, 0.717) is 13.2 Å². The Hall–Kier alpha value is -1.06. The second-order valence-corrected chi connectivity index (χ2v) is 4.53. The SMILES string of the molecule is CCCCOCCOc1ccc(C)cc1[C@@H](C)O. The highest BCUT2D eigenvalue weighted by atomic mass is 16.5. The third-order valence-electron chi connectivity index (χ3n) is 2.74. The number of aryl methyl sites for hydroxylation is 1. The molecule has 1 N–H and O–H groups in total. The largest absolute Gasteiger partial charge is 0.491 e. The molecule has 0 spiro atoms. The van der Waals surface area contributed by atoms with E-state index in [-0.39, 0.29) is 0 Å². The van der Waals surface area contributed by atoms with Crippen LogP contribution in [0.4, 0.5) is 0 Å². The molecule has 0 saturated heterocycles. The second-order valence-electron chi connectivity index (χ2n) is 4.53. The highest BCUT2D eigenvalue weighted by Crippen LogP contribution is 2.26. The molecule has 102 valence electrons. The van der Waals surface area contributed by atoms with E-state index in [4.69, 9.17) is 9.47 Å². The van der Waals surface area contributed by atoms with Crippen LogP contribution in [0.1, 0.15) is 43.9 Å². The average molecular weight is 252 g/mol. The fourth-order valence-corrected chi connectivity index (χ4v) is 1.68. The Morgan fingerprint density at radius 1 is 1.22 bits per heavy atom. The van der Waals surface area contributed by atoms with Crippen molar-refractivity contribution >= 4 is 0 Å². The van der Waals surface area contributed by atoms with Gasteiger partial charge in [0.05, 0.1) is 12.7 Å². The van der Waals surface area contributed by atoms with Gasteiger partial charge in [0, 0.05) is 12.2 Å². The number of benzene rings is 1. The molecule has 1 aromatic rings. The van der Waals surface area contributed by atoms with Crippen molar-refractivity contribution in [3.8, 4) is 5.75 Å². The van der Waals surface area contributed by atoms with Crippen LogP contribution in [0.2, 0.25) is 0 Å². The van der Waals surface area contributed by atoms with Crippen molar-refractivity contribution in [2.45, 2.75) is 39.7 Å². The summed E-state index contributed by atoms with van der Waals surface area (Å²) in [5.74, 6) is 0.745. The molecular formula is C15H24O3. The first-order valence-electron chi connectivity index (χ1n) is 6.64. The van der Waals surface area contributed by atoms with Gasteiger partial charge in [0.15, 0.2) is 0 Å². The van der Waals surface area contributed by atoms with Gasteiger partial charge in [-0.1, -0.05) is 25.0 Å². The Balaban J connectivity index is 2.42. The first-order valence-corrected chi connectivity index (χ1v) is 6.64. The molecule has 1 rings (SSSR count). The van der Waals surface area contributed by atoms with Crippen LogP contribution in [0.25, 0.3) is 0 Å². The van der Waals surface area contributed by atoms with Crippen molar-refractivity contribution in [3.05, 3.63) is 29.3 Å². The Morgan fingerprint density at radius 3 is 2.67 bits per heavy atom. The minimum atomic E-state index is -0.513. The molecule has 0 aromatic heterocycles. The molecule has 3 nitrogen and oxygen atoms in total. The van der Waals surface area contributed by atoms with E-state index in [1.165, 1.54) is 0 Å². The molecule has 1 aromatic carbocycles. The third kappa shape index (κ3) is 5.07. The topological polar surface area (TPSA) is 38.7 Å². The lowest BCUT2D eigenvalue weighted by molar-refractivity contribution is 0.0962. The quantitative estimate of drug-likeness (QED) is 0.722. The van der Waals surface area contributed by atoms with E-state index in [0.717, 1.165) is 36.3 Å². The lowest BCUT2D eigenvalue weighted by Gasteiger charge is -2.14. The molecule has 0 aliphatic rings. The van der Waals surface area contributed by atoms with Gasteiger partial charge in [-0.15, -0.1) is 0 Å². The molecular weight excluding hydrogens is 228 g/mol. The fraction of sp³-hybridized carbons (Fsp3) is 0.600. The number of ether oxygens (including phenoxy) is 2. The van der Waals surface area contributed by atoms with Crippen molar-refractivity contribution < 1.29 is 14.6 Å². The van der Waals surface area contributed by atoms with Crippen LogP contribution < -0.4 is 4.74 Å². The highest BCUT2D eigenvalue weighted by Gasteiger charge is 2.09. The summed E-state index contributed by atoms with van der Waals surface area (Å²) in [5.41, 5.74) is 1.96. The van der Waals surface area contributed by atoms with E-state index in [2.05, 4.69) is 6.92 Å². The van der Waals surface area contributed by atoms with Crippen molar-refractivity contribution in [3.63, 3.8) is 0 Å². The zero-order chi connectivity index (χ0) is 13.4. The van der Waals surface area contributed by atoms with Crippen molar-refractivity contribution in [1.82, 2.24) is 0 Å². The Labute approximate surface area is 110 Å². The molecule has 0 radical (unpaired) electrons. The van der Waals surface area contributed by atoms with Crippen LogP contribution in [-0.4, -0.2) is 24.9 Å².